The van der Waals surface area contributed by atoms with Crippen LogP contribution >= 0.6 is 11.3 Å². The Kier molecular flexibility index (Phi) is 6.54. The van der Waals surface area contributed by atoms with Gasteiger partial charge >= 0.3 is 0 Å². The Morgan fingerprint density at radius 1 is 1.32 bits per heavy atom. The second kappa shape index (κ2) is 8.63. The van der Waals surface area contributed by atoms with Crippen LogP contribution in [0, 0.1) is 11.6 Å². The minimum absolute atomic E-state index is 0.222. The minimum Gasteiger partial charge on any atom is -0.330 e. The van der Waals surface area contributed by atoms with E-state index in [1.807, 2.05) is 0 Å². The van der Waals surface area contributed by atoms with Crippen molar-refractivity contribution in [1.82, 2.24) is 9.88 Å². The molecule has 1 heterocycles. The normalized spacial score (nSPS) is 10.6. The molecule has 1 aromatic heterocycles. The van der Waals surface area contributed by atoms with Gasteiger partial charge in [-0.05, 0) is 25.6 Å². The molecule has 0 aliphatic carbocycles. The van der Waals surface area contributed by atoms with Crippen molar-refractivity contribution < 1.29 is 18.4 Å². The molecule has 0 fully saturated rings. The first-order chi connectivity index (χ1) is 12.0. The van der Waals surface area contributed by atoms with E-state index < -0.39 is 29.1 Å². The van der Waals surface area contributed by atoms with Gasteiger partial charge in [0.25, 0.3) is 5.91 Å². The van der Waals surface area contributed by atoms with Crippen molar-refractivity contribution in [2.45, 2.75) is 13.3 Å². The number of nitrogens with zero attached hydrogens (tertiary/aromatic N) is 2. The molecule has 0 saturated heterocycles. The van der Waals surface area contributed by atoms with Crippen LogP contribution in [-0.4, -0.2) is 41.3 Å². The standard InChI is InChI=1S/C16H18F2N4O2S/c1-2-22(16(24)12-9-25-14(20-12)6-7-19)8-13(23)21-15-10(17)4-3-5-11(15)18/h3-5,9H,2,6-8,19H2,1H3,(H,21,23). The van der Waals surface area contributed by atoms with Crippen LogP contribution in [0.1, 0.15) is 22.4 Å². The van der Waals surface area contributed by atoms with Gasteiger partial charge in [0.1, 0.15) is 29.6 Å². The third kappa shape index (κ3) is 4.80. The summed E-state index contributed by atoms with van der Waals surface area (Å²) in [6.07, 6.45) is 0.567. The first-order valence-electron chi connectivity index (χ1n) is 7.63. The lowest BCUT2D eigenvalue weighted by Gasteiger charge is -2.19. The zero-order valence-corrected chi connectivity index (χ0v) is 14.4. The molecule has 3 N–H and O–H groups in total. The Labute approximate surface area is 147 Å². The summed E-state index contributed by atoms with van der Waals surface area (Å²) in [6.45, 7) is 2.03. The first-order valence-corrected chi connectivity index (χ1v) is 8.51. The molecule has 25 heavy (non-hydrogen) atoms. The van der Waals surface area contributed by atoms with Gasteiger partial charge in [-0.1, -0.05) is 6.07 Å². The number of aromatic nitrogens is 1. The van der Waals surface area contributed by atoms with E-state index in [1.165, 1.54) is 22.3 Å². The van der Waals surface area contributed by atoms with Crippen LogP contribution in [0.2, 0.25) is 0 Å². The number of nitrogens with two attached hydrogens (primary N) is 1. The number of nitrogens with one attached hydrogen (secondary N) is 1. The number of amides is 2. The van der Waals surface area contributed by atoms with E-state index in [2.05, 4.69) is 10.3 Å². The van der Waals surface area contributed by atoms with Gasteiger partial charge in [0.05, 0.1) is 5.01 Å². The molecule has 0 bridgehead atoms. The monoisotopic (exact) mass is 368 g/mol. The summed E-state index contributed by atoms with van der Waals surface area (Å²) in [5.41, 5.74) is 5.14. The average molecular weight is 368 g/mol. The Bertz CT molecular complexity index is 746. The van der Waals surface area contributed by atoms with Gasteiger partial charge in [-0.2, -0.15) is 0 Å². The number of benzene rings is 1. The van der Waals surface area contributed by atoms with E-state index in [0.717, 1.165) is 17.1 Å². The van der Waals surface area contributed by atoms with Crippen LogP contribution in [0.25, 0.3) is 0 Å². The van der Waals surface area contributed by atoms with Crippen molar-refractivity contribution in [1.29, 1.82) is 0 Å². The first kappa shape index (κ1) is 18.9. The van der Waals surface area contributed by atoms with Crippen molar-refractivity contribution in [2.75, 3.05) is 25.0 Å². The van der Waals surface area contributed by atoms with Crippen molar-refractivity contribution >= 4 is 28.8 Å². The fraction of sp³-hybridized carbons (Fsp3) is 0.312. The van der Waals surface area contributed by atoms with Crippen molar-refractivity contribution in [3.05, 3.63) is 45.9 Å². The van der Waals surface area contributed by atoms with E-state index in [1.54, 1.807) is 12.3 Å². The average Bonchev–Trinajstić information content (AvgIpc) is 3.04. The summed E-state index contributed by atoms with van der Waals surface area (Å²) in [5.74, 6) is -2.88. The van der Waals surface area contributed by atoms with E-state index in [0.29, 0.717) is 13.0 Å². The predicted molar refractivity (Wildman–Crippen MR) is 91.4 cm³/mol. The number of carbonyl (C=O) groups excluding carboxylic acids is 2. The van der Waals surface area contributed by atoms with Gasteiger partial charge in [0, 0.05) is 18.3 Å². The highest BCUT2D eigenvalue weighted by atomic mass is 32.1. The fourth-order valence-corrected chi connectivity index (χ4v) is 2.89. The van der Waals surface area contributed by atoms with Crippen LogP contribution in [0.15, 0.2) is 23.6 Å². The summed E-state index contributed by atoms with van der Waals surface area (Å²) < 4.78 is 27.1. The van der Waals surface area contributed by atoms with E-state index in [-0.39, 0.29) is 18.8 Å². The summed E-state index contributed by atoms with van der Waals surface area (Å²) in [7, 11) is 0. The lowest BCUT2D eigenvalue weighted by molar-refractivity contribution is -0.116. The Morgan fingerprint density at radius 2 is 2.00 bits per heavy atom. The number of hydrogen-bond donors (Lipinski definition) is 2. The van der Waals surface area contributed by atoms with Crippen LogP contribution in [0.5, 0.6) is 0 Å². The summed E-state index contributed by atoms with van der Waals surface area (Å²) in [6, 6.07) is 3.27. The van der Waals surface area contributed by atoms with Gasteiger partial charge in [0.2, 0.25) is 5.91 Å². The number of carbonyl (C=O) groups is 2. The van der Waals surface area contributed by atoms with Gasteiger partial charge < -0.3 is 16.0 Å². The molecule has 0 saturated carbocycles. The maximum atomic E-state index is 13.6. The molecule has 2 aromatic rings. The molecule has 134 valence electrons. The third-order valence-electron chi connectivity index (χ3n) is 3.36. The topological polar surface area (TPSA) is 88.3 Å². The lowest BCUT2D eigenvalue weighted by atomic mass is 10.3. The molecule has 0 atom stereocenters. The second-order valence-electron chi connectivity index (χ2n) is 5.13. The maximum Gasteiger partial charge on any atom is 0.273 e. The number of rotatable bonds is 7. The minimum atomic E-state index is -0.881. The highest BCUT2D eigenvalue weighted by molar-refractivity contribution is 7.09. The number of likely N-dealkylation sites (N-methyl/N-ethyl adjacent to an activating group) is 1. The third-order valence-corrected chi connectivity index (χ3v) is 4.27. The molecule has 2 rings (SSSR count). The van der Waals surface area contributed by atoms with Gasteiger partial charge in [-0.3, -0.25) is 9.59 Å². The number of thiazole rings is 1. The Morgan fingerprint density at radius 3 is 2.60 bits per heavy atom. The molecule has 0 aliphatic heterocycles. The molecule has 0 spiro atoms. The second-order valence-corrected chi connectivity index (χ2v) is 6.07. The Hall–Kier alpha value is -2.39. The van der Waals surface area contributed by atoms with Crippen LogP contribution < -0.4 is 11.1 Å². The Balaban J connectivity index is 2.05. The fourth-order valence-electron chi connectivity index (χ4n) is 2.11. The molecule has 0 unspecified atom stereocenters. The van der Waals surface area contributed by atoms with E-state index in [4.69, 9.17) is 5.73 Å². The zero-order chi connectivity index (χ0) is 18.4. The molecular formula is C16H18F2N4O2S. The van der Waals surface area contributed by atoms with E-state index >= 15 is 0 Å². The summed E-state index contributed by atoms with van der Waals surface area (Å²) in [4.78, 5) is 29.9. The number of anilines is 1. The SMILES string of the molecule is CCN(CC(=O)Nc1c(F)cccc1F)C(=O)c1csc(CCN)n1. The van der Waals surface area contributed by atoms with Crippen molar-refractivity contribution in [3.8, 4) is 0 Å². The quantitative estimate of drug-likeness (QED) is 0.783. The molecule has 6 nitrogen and oxygen atoms in total. The summed E-state index contributed by atoms with van der Waals surface area (Å²) in [5, 5.41) is 4.50. The van der Waals surface area contributed by atoms with Crippen LogP contribution in [0.3, 0.4) is 0 Å². The maximum absolute atomic E-state index is 13.6. The number of para-hydroxylation sites is 1. The van der Waals surface area contributed by atoms with Crippen molar-refractivity contribution in [2.24, 2.45) is 5.73 Å². The largest absolute Gasteiger partial charge is 0.330 e. The van der Waals surface area contributed by atoms with E-state index in [9.17, 15) is 18.4 Å². The molecule has 2 amide bonds. The van der Waals surface area contributed by atoms with Crippen molar-refractivity contribution in [3.63, 3.8) is 0 Å². The van der Waals surface area contributed by atoms with Gasteiger partial charge in [0.15, 0.2) is 0 Å². The number of halogens is 2. The van der Waals surface area contributed by atoms with Crippen LogP contribution in [0.4, 0.5) is 14.5 Å². The smallest absolute Gasteiger partial charge is 0.273 e. The highest BCUT2D eigenvalue weighted by Gasteiger charge is 2.21. The van der Waals surface area contributed by atoms with Gasteiger partial charge in [-0.15, -0.1) is 11.3 Å². The van der Waals surface area contributed by atoms with Gasteiger partial charge in [-0.25, -0.2) is 13.8 Å². The molecule has 1 aromatic carbocycles. The van der Waals surface area contributed by atoms with Crippen LogP contribution in [-0.2, 0) is 11.2 Å². The number of hydrogen-bond acceptors (Lipinski definition) is 5. The molecular weight excluding hydrogens is 350 g/mol. The lowest BCUT2D eigenvalue weighted by Crippen LogP contribution is -2.38. The summed E-state index contributed by atoms with van der Waals surface area (Å²) >= 11 is 1.32. The highest BCUT2D eigenvalue weighted by Crippen LogP contribution is 2.18. The molecule has 9 heteroatoms. The molecule has 0 radical (unpaired) electrons. The zero-order valence-electron chi connectivity index (χ0n) is 13.6. The molecule has 0 aliphatic rings. The predicted octanol–water partition coefficient (Wildman–Crippen LogP) is 2.02.